The molecule has 0 fully saturated rings. The van der Waals surface area contributed by atoms with Crippen molar-refractivity contribution in [1.82, 2.24) is 15.1 Å². The topological polar surface area (TPSA) is 76.4 Å². The molecule has 2 N–H and O–H groups in total. The van der Waals surface area contributed by atoms with E-state index in [1.807, 2.05) is 6.92 Å². The molecule has 6 heteroatoms. The summed E-state index contributed by atoms with van der Waals surface area (Å²) in [6, 6.07) is 0. The Labute approximate surface area is 101 Å². The van der Waals surface area contributed by atoms with Gasteiger partial charge in [0.15, 0.2) is 0 Å². The van der Waals surface area contributed by atoms with Crippen LogP contribution in [-0.2, 0) is 11.8 Å². The summed E-state index contributed by atoms with van der Waals surface area (Å²) < 4.78 is 6.75. The fourth-order valence-corrected chi connectivity index (χ4v) is 1.36. The van der Waals surface area contributed by atoms with E-state index >= 15 is 0 Å². The Kier molecular flexibility index (Phi) is 5.65. The molecule has 0 saturated carbocycles. The van der Waals surface area contributed by atoms with E-state index < -0.39 is 0 Å². The van der Waals surface area contributed by atoms with E-state index in [-0.39, 0.29) is 12.5 Å². The predicted molar refractivity (Wildman–Crippen MR) is 62.8 cm³/mol. The normalized spacial score (nSPS) is 10.5. The lowest BCUT2D eigenvalue weighted by Crippen LogP contribution is -2.25. The average Bonchev–Trinajstić information content (AvgIpc) is 2.64. The molecule has 0 bridgehead atoms. The van der Waals surface area contributed by atoms with Crippen LogP contribution in [-0.4, -0.2) is 47.2 Å². The highest BCUT2D eigenvalue weighted by molar-refractivity contribution is 5.94. The number of rotatable bonds is 7. The lowest BCUT2D eigenvalue weighted by molar-refractivity contribution is 0.0867. The van der Waals surface area contributed by atoms with Crippen LogP contribution < -0.4 is 5.32 Å². The molecule has 17 heavy (non-hydrogen) atoms. The lowest BCUT2D eigenvalue weighted by atomic mass is 10.2. The third-order valence-corrected chi connectivity index (χ3v) is 2.47. The number of carbonyl (C=O) groups excluding carboxylic acids is 1. The summed E-state index contributed by atoms with van der Waals surface area (Å²) in [5, 5.41) is 15.3. The number of aromatic nitrogens is 2. The lowest BCUT2D eigenvalue weighted by Gasteiger charge is -2.05. The van der Waals surface area contributed by atoms with Gasteiger partial charge in [0.25, 0.3) is 5.91 Å². The molecule has 6 nitrogen and oxygen atoms in total. The number of aryl methyl sites for hydroxylation is 1. The highest BCUT2D eigenvalue weighted by Crippen LogP contribution is 2.04. The fourth-order valence-electron chi connectivity index (χ4n) is 1.36. The molecule has 0 unspecified atom stereocenters. The molecule has 0 saturated heterocycles. The third kappa shape index (κ3) is 4.16. The number of ether oxygens (including phenoxy) is 1. The van der Waals surface area contributed by atoms with Crippen molar-refractivity contribution in [3.8, 4) is 0 Å². The number of hydrogen-bond acceptors (Lipinski definition) is 4. The number of carbonyl (C=O) groups is 1. The van der Waals surface area contributed by atoms with Gasteiger partial charge in [0.2, 0.25) is 0 Å². The Balaban J connectivity index is 2.24. The quantitative estimate of drug-likeness (QED) is 0.651. The van der Waals surface area contributed by atoms with E-state index in [2.05, 4.69) is 10.4 Å². The Bertz CT molecular complexity index is 363. The van der Waals surface area contributed by atoms with Crippen LogP contribution in [0.15, 0.2) is 6.20 Å². The van der Waals surface area contributed by atoms with Crippen LogP contribution in [0.1, 0.15) is 22.5 Å². The van der Waals surface area contributed by atoms with E-state index in [0.29, 0.717) is 25.3 Å². The maximum absolute atomic E-state index is 11.7. The van der Waals surface area contributed by atoms with Crippen molar-refractivity contribution in [3.05, 3.63) is 17.5 Å². The van der Waals surface area contributed by atoms with Crippen molar-refractivity contribution >= 4 is 5.91 Å². The van der Waals surface area contributed by atoms with E-state index in [1.165, 1.54) is 0 Å². The first kappa shape index (κ1) is 13.7. The molecule has 96 valence electrons. The first-order valence-corrected chi connectivity index (χ1v) is 5.62. The van der Waals surface area contributed by atoms with Crippen LogP contribution in [0.25, 0.3) is 0 Å². The van der Waals surface area contributed by atoms with Crippen LogP contribution in [0.3, 0.4) is 0 Å². The summed E-state index contributed by atoms with van der Waals surface area (Å²) in [5.74, 6) is -0.113. The van der Waals surface area contributed by atoms with Gasteiger partial charge in [-0.05, 0) is 13.3 Å². The maximum atomic E-state index is 11.7. The second kappa shape index (κ2) is 7.03. The average molecular weight is 241 g/mol. The Hall–Kier alpha value is -1.40. The van der Waals surface area contributed by atoms with Crippen LogP contribution in [0.2, 0.25) is 0 Å². The summed E-state index contributed by atoms with van der Waals surface area (Å²) in [5.41, 5.74) is 1.45. The monoisotopic (exact) mass is 241 g/mol. The summed E-state index contributed by atoms with van der Waals surface area (Å²) >= 11 is 0. The van der Waals surface area contributed by atoms with Gasteiger partial charge in [-0.2, -0.15) is 5.10 Å². The van der Waals surface area contributed by atoms with Gasteiger partial charge < -0.3 is 15.2 Å². The zero-order chi connectivity index (χ0) is 12.7. The van der Waals surface area contributed by atoms with Crippen LogP contribution in [0.5, 0.6) is 0 Å². The van der Waals surface area contributed by atoms with Gasteiger partial charge in [-0.3, -0.25) is 9.48 Å². The minimum atomic E-state index is -0.113. The molecule has 0 aromatic carbocycles. The van der Waals surface area contributed by atoms with Gasteiger partial charge in [-0.1, -0.05) is 0 Å². The molecule has 1 rings (SSSR count). The predicted octanol–water partition coefficient (Wildman–Crippen LogP) is -0.143. The van der Waals surface area contributed by atoms with Crippen molar-refractivity contribution in [2.45, 2.75) is 13.3 Å². The van der Waals surface area contributed by atoms with Crippen LogP contribution >= 0.6 is 0 Å². The van der Waals surface area contributed by atoms with Crippen molar-refractivity contribution in [3.63, 3.8) is 0 Å². The highest BCUT2D eigenvalue weighted by Gasteiger charge is 2.11. The van der Waals surface area contributed by atoms with Crippen molar-refractivity contribution in [2.24, 2.45) is 7.05 Å². The van der Waals surface area contributed by atoms with E-state index in [0.717, 1.165) is 12.1 Å². The SMILES string of the molecule is Cc1c(C(=O)NCCCOCCO)cnn1C. The molecule has 0 spiro atoms. The van der Waals surface area contributed by atoms with Gasteiger partial charge in [0.05, 0.1) is 25.0 Å². The van der Waals surface area contributed by atoms with Gasteiger partial charge in [0, 0.05) is 25.9 Å². The first-order valence-electron chi connectivity index (χ1n) is 5.62. The summed E-state index contributed by atoms with van der Waals surface area (Å²) in [7, 11) is 1.80. The Morgan fingerprint density at radius 2 is 2.35 bits per heavy atom. The van der Waals surface area contributed by atoms with Crippen molar-refractivity contribution in [2.75, 3.05) is 26.4 Å². The summed E-state index contributed by atoms with van der Waals surface area (Å²) in [4.78, 5) is 11.7. The molecule has 0 atom stereocenters. The molecule has 0 aliphatic rings. The fraction of sp³-hybridized carbons (Fsp3) is 0.636. The maximum Gasteiger partial charge on any atom is 0.254 e. The molecule has 1 heterocycles. The highest BCUT2D eigenvalue weighted by atomic mass is 16.5. The molecule has 0 aliphatic heterocycles. The summed E-state index contributed by atoms with van der Waals surface area (Å²) in [6.45, 7) is 3.31. The van der Waals surface area contributed by atoms with Gasteiger partial charge in [-0.15, -0.1) is 0 Å². The minimum absolute atomic E-state index is 0.0290. The van der Waals surface area contributed by atoms with E-state index in [9.17, 15) is 4.79 Å². The molecule has 1 aromatic rings. The molecule has 0 aliphatic carbocycles. The van der Waals surface area contributed by atoms with E-state index in [1.54, 1.807) is 17.9 Å². The molecule has 0 radical (unpaired) electrons. The Morgan fingerprint density at radius 1 is 1.59 bits per heavy atom. The smallest absolute Gasteiger partial charge is 0.254 e. The van der Waals surface area contributed by atoms with Gasteiger partial charge in [0.1, 0.15) is 0 Å². The number of aliphatic hydroxyl groups excluding tert-OH is 1. The number of amides is 1. The molecular weight excluding hydrogens is 222 g/mol. The number of nitrogens with zero attached hydrogens (tertiary/aromatic N) is 2. The van der Waals surface area contributed by atoms with E-state index in [4.69, 9.17) is 9.84 Å². The second-order valence-corrected chi connectivity index (χ2v) is 3.71. The second-order valence-electron chi connectivity index (χ2n) is 3.71. The van der Waals surface area contributed by atoms with Crippen molar-refractivity contribution in [1.29, 1.82) is 0 Å². The number of hydrogen-bond donors (Lipinski definition) is 2. The van der Waals surface area contributed by atoms with Crippen molar-refractivity contribution < 1.29 is 14.6 Å². The molecule has 1 amide bonds. The van der Waals surface area contributed by atoms with Crippen LogP contribution in [0.4, 0.5) is 0 Å². The van der Waals surface area contributed by atoms with Crippen LogP contribution in [0, 0.1) is 6.92 Å². The third-order valence-electron chi connectivity index (χ3n) is 2.47. The standard InChI is InChI=1S/C11H19N3O3/c1-9-10(8-13-14(9)2)11(16)12-4-3-6-17-7-5-15/h8,15H,3-7H2,1-2H3,(H,12,16). The number of aliphatic hydroxyl groups is 1. The zero-order valence-electron chi connectivity index (χ0n) is 10.3. The van der Waals surface area contributed by atoms with Gasteiger partial charge in [-0.25, -0.2) is 0 Å². The van der Waals surface area contributed by atoms with Gasteiger partial charge >= 0.3 is 0 Å². The molecule has 1 aromatic heterocycles. The first-order chi connectivity index (χ1) is 8.16. The Morgan fingerprint density at radius 3 is 2.94 bits per heavy atom. The zero-order valence-corrected chi connectivity index (χ0v) is 10.3. The minimum Gasteiger partial charge on any atom is -0.394 e. The number of nitrogens with one attached hydrogen (secondary N) is 1. The molecular formula is C11H19N3O3. The largest absolute Gasteiger partial charge is 0.394 e. The summed E-state index contributed by atoms with van der Waals surface area (Å²) in [6.07, 6.45) is 2.29.